The maximum Gasteiger partial charge on any atom is 0.0883 e. The predicted octanol–water partition coefficient (Wildman–Crippen LogP) is 3.41. The molecule has 0 aliphatic rings. The van der Waals surface area contributed by atoms with Crippen molar-refractivity contribution in [1.82, 2.24) is 0 Å². The Hall–Kier alpha value is -0.860. The topological polar surface area (TPSA) is 18.5 Å². The molecule has 2 heteroatoms. The molecule has 0 bridgehead atoms. The van der Waals surface area contributed by atoms with Gasteiger partial charge in [0.2, 0.25) is 0 Å². The van der Waals surface area contributed by atoms with Gasteiger partial charge in [-0.05, 0) is 18.9 Å². The van der Waals surface area contributed by atoms with E-state index >= 15 is 0 Å². The minimum Gasteiger partial charge on any atom is -0.376 e. The summed E-state index contributed by atoms with van der Waals surface area (Å²) in [5.74, 6) is 0. The van der Waals surface area contributed by atoms with E-state index in [4.69, 9.17) is 9.47 Å². The summed E-state index contributed by atoms with van der Waals surface area (Å²) < 4.78 is 11.2. The Kier molecular flexibility index (Phi) is 5.50. The third-order valence-corrected chi connectivity index (χ3v) is 2.79. The summed E-state index contributed by atoms with van der Waals surface area (Å²) in [4.78, 5) is 0. The van der Waals surface area contributed by atoms with Gasteiger partial charge < -0.3 is 9.47 Å². The van der Waals surface area contributed by atoms with Gasteiger partial charge in [-0.1, -0.05) is 43.7 Å². The molecule has 16 heavy (non-hydrogen) atoms. The molecule has 0 unspecified atom stereocenters. The van der Waals surface area contributed by atoms with E-state index in [-0.39, 0.29) is 5.60 Å². The Morgan fingerprint density at radius 2 is 1.88 bits per heavy atom. The highest BCUT2D eigenvalue weighted by Gasteiger charge is 2.22. The van der Waals surface area contributed by atoms with Crippen LogP contribution < -0.4 is 0 Å². The van der Waals surface area contributed by atoms with Gasteiger partial charge in [0.05, 0.1) is 18.8 Å². The van der Waals surface area contributed by atoms with Crippen LogP contribution in [0.4, 0.5) is 0 Å². The maximum atomic E-state index is 5.70. The molecule has 0 saturated carbocycles. The van der Waals surface area contributed by atoms with Crippen molar-refractivity contribution in [3.8, 4) is 0 Å². The first-order chi connectivity index (χ1) is 7.70. The van der Waals surface area contributed by atoms with Crippen molar-refractivity contribution < 1.29 is 9.47 Å². The van der Waals surface area contributed by atoms with Gasteiger partial charge in [0.1, 0.15) is 0 Å². The van der Waals surface area contributed by atoms with Crippen LogP contribution in [-0.4, -0.2) is 19.3 Å². The summed E-state index contributed by atoms with van der Waals surface area (Å²) in [5.41, 5.74) is 1.06. The average molecular weight is 222 g/mol. The third kappa shape index (κ3) is 4.33. The lowest BCUT2D eigenvalue weighted by molar-refractivity contribution is -0.0725. The van der Waals surface area contributed by atoms with Gasteiger partial charge in [-0.25, -0.2) is 0 Å². The van der Waals surface area contributed by atoms with Crippen molar-refractivity contribution in [3.05, 3.63) is 35.9 Å². The maximum absolute atomic E-state index is 5.70. The quantitative estimate of drug-likeness (QED) is 0.704. The second kappa shape index (κ2) is 6.66. The monoisotopic (exact) mass is 222 g/mol. The summed E-state index contributed by atoms with van der Waals surface area (Å²) in [6, 6.07) is 10.2. The van der Waals surface area contributed by atoms with Gasteiger partial charge in [-0.15, -0.1) is 0 Å². The average Bonchev–Trinajstić information content (AvgIpc) is 2.31. The van der Waals surface area contributed by atoms with Crippen LogP contribution in [0, 0.1) is 0 Å². The molecule has 0 aliphatic heterocycles. The summed E-state index contributed by atoms with van der Waals surface area (Å²) in [7, 11) is 1.75. The molecule has 1 atom stereocenters. The van der Waals surface area contributed by atoms with Crippen LogP contribution >= 0.6 is 0 Å². The van der Waals surface area contributed by atoms with Crippen LogP contribution in [0.3, 0.4) is 0 Å². The zero-order valence-electron chi connectivity index (χ0n) is 10.5. The van der Waals surface area contributed by atoms with Crippen LogP contribution in [0.15, 0.2) is 30.3 Å². The van der Waals surface area contributed by atoms with E-state index in [2.05, 4.69) is 26.0 Å². The summed E-state index contributed by atoms with van der Waals surface area (Å²) in [5, 5.41) is 0. The molecule has 0 amide bonds. The number of ether oxygens (including phenoxy) is 2. The van der Waals surface area contributed by atoms with Crippen LogP contribution in [0.25, 0.3) is 0 Å². The molecule has 0 aromatic heterocycles. The zero-order chi connectivity index (χ0) is 11.9. The van der Waals surface area contributed by atoms with Gasteiger partial charge in [-0.2, -0.15) is 0 Å². The molecular formula is C14H22O2. The SMILES string of the molecule is CCC[C@@](C)(COCc1ccccc1)OC. The molecule has 0 saturated heterocycles. The molecule has 1 aromatic rings. The van der Waals surface area contributed by atoms with Gasteiger partial charge >= 0.3 is 0 Å². The third-order valence-electron chi connectivity index (χ3n) is 2.79. The molecule has 0 fully saturated rings. The van der Waals surface area contributed by atoms with Crippen LogP contribution in [0.5, 0.6) is 0 Å². The lowest BCUT2D eigenvalue weighted by atomic mass is 10.0. The number of rotatable bonds is 7. The molecule has 1 aromatic carbocycles. The minimum atomic E-state index is -0.149. The van der Waals surface area contributed by atoms with Crippen LogP contribution in [-0.2, 0) is 16.1 Å². The summed E-state index contributed by atoms with van der Waals surface area (Å²) >= 11 is 0. The normalized spacial score (nSPS) is 14.7. The molecule has 0 spiro atoms. The lowest BCUT2D eigenvalue weighted by Gasteiger charge is -2.27. The van der Waals surface area contributed by atoms with E-state index in [0.29, 0.717) is 13.2 Å². The molecule has 0 N–H and O–H groups in total. The van der Waals surface area contributed by atoms with Crippen molar-refractivity contribution in [2.75, 3.05) is 13.7 Å². The number of benzene rings is 1. The first-order valence-electron chi connectivity index (χ1n) is 5.87. The van der Waals surface area contributed by atoms with Crippen molar-refractivity contribution in [1.29, 1.82) is 0 Å². The number of hydrogen-bond donors (Lipinski definition) is 0. The Morgan fingerprint density at radius 1 is 1.19 bits per heavy atom. The Morgan fingerprint density at radius 3 is 2.44 bits per heavy atom. The van der Waals surface area contributed by atoms with Gasteiger partial charge in [-0.3, -0.25) is 0 Å². The minimum absolute atomic E-state index is 0.149. The van der Waals surface area contributed by atoms with E-state index in [1.807, 2.05) is 18.2 Å². The second-order valence-corrected chi connectivity index (χ2v) is 4.38. The summed E-state index contributed by atoms with van der Waals surface area (Å²) in [6.45, 7) is 5.56. The van der Waals surface area contributed by atoms with Crippen molar-refractivity contribution in [2.45, 2.75) is 38.9 Å². The molecule has 1 rings (SSSR count). The van der Waals surface area contributed by atoms with Crippen LogP contribution in [0.1, 0.15) is 32.3 Å². The van der Waals surface area contributed by atoms with Crippen molar-refractivity contribution >= 4 is 0 Å². The second-order valence-electron chi connectivity index (χ2n) is 4.38. The highest BCUT2D eigenvalue weighted by Crippen LogP contribution is 2.17. The van der Waals surface area contributed by atoms with E-state index in [1.54, 1.807) is 7.11 Å². The van der Waals surface area contributed by atoms with Crippen molar-refractivity contribution in [3.63, 3.8) is 0 Å². The van der Waals surface area contributed by atoms with E-state index in [0.717, 1.165) is 12.8 Å². The van der Waals surface area contributed by atoms with Gasteiger partial charge in [0.15, 0.2) is 0 Å². The Bertz CT molecular complexity index is 284. The smallest absolute Gasteiger partial charge is 0.0883 e. The predicted molar refractivity (Wildman–Crippen MR) is 66.4 cm³/mol. The van der Waals surface area contributed by atoms with Gasteiger partial charge in [0, 0.05) is 7.11 Å². The lowest BCUT2D eigenvalue weighted by Crippen LogP contribution is -2.33. The summed E-state index contributed by atoms with van der Waals surface area (Å²) in [6.07, 6.45) is 2.14. The zero-order valence-corrected chi connectivity index (χ0v) is 10.5. The van der Waals surface area contributed by atoms with Crippen LogP contribution in [0.2, 0.25) is 0 Å². The Balaban J connectivity index is 2.34. The first kappa shape index (κ1) is 13.2. The largest absolute Gasteiger partial charge is 0.376 e. The fraction of sp³-hybridized carbons (Fsp3) is 0.571. The molecule has 0 aliphatic carbocycles. The first-order valence-corrected chi connectivity index (χ1v) is 5.87. The molecular weight excluding hydrogens is 200 g/mol. The van der Waals surface area contributed by atoms with Gasteiger partial charge in [0.25, 0.3) is 0 Å². The van der Waals surface area contributed by atoms with E-state index < -0.39 is 0 Å². The standard InChI is InChI=1S/C14H22O2/c1-4-10-14(2,15-3)12-16-11-13-8-6-5-7-9-13/h5-9H,4,10-12H2,1-3H3/t14-/m0/s1. The van der Waals surface area contributed by atoms with E-state index in [1.165, 1.54) is 5.56 Å². The molecule has 2 nitrogen and oxygen atoms in total. The van der Waals surface area contributed by atoms with Crippen molar-refractivity contribution in [2.24, 2.45) is 0 Å². The van der Waals surface area contributed by atoms with E-state index in [9.17, 15) is 0 Å². The highest BCUT2D eigenvalue weighted by molar-refractivity contribution is 5.13. The number of hydrogen-bond acceptors (Lipinski definition) is 2. The molecule has 0 heterocycles. The fourth-order valence-electron chi connectivity index (χ4n) is 1.72. The Labute approximate surface area is 98.6 Å². The number of methoxy groups -OCH3 is 1. The molecule has 90 valence electrons. The fourth-order valence-corrected chi connectivity index (χ4v) is 1.72. The molecule has 0 radical (unpaired) electrons. The highest BCUT2D eigenvalue weighted by atomic mass is 16.5.